The maximum atomic E-state index is 11.8. The molecule has 0 unspecified atom stereocenters. The Balaban J connectivity index is 2.24. The molecule has 1 fully saturated rings. The van der Waals surface area contributed by atoms with Gasteiger partial charge in [0.1, 0.15) is 6.61 Å². The summed E-state index contributed by atoms with van der Waals surface area (Å²) in [5.74, 6) is -0.337. The molecule has 0 spiro atoms. The Bertz CT molecular complexity index is 594. The number of nitrogens with zero attached hydrogens (tertiary/aromatic N) is 1. The Morgan fingerprint density at radius 1 is 1.47 bits per heavy atom. The monoisotopic (exact) mass is 281 g/mol. The van der Waals surface area contributed by atoms with E-state index in [2.05, 4.69) is 6.58 Å². The van der Waals surface area contributed by atoms with E-state index in [0.29, 0.717) is 24.2 Å². The minimum Gasteiger partial charge on any atom is -0.458 e. The lowest BCUT2D eigenvalue weighted by Gasteiger charge is -2.17. The summed E-state index contributed by atoms with van der Waals surface area (Å²) in [5, 5.41) is 0. The molecule has 1 aromatic rings. The van der Waals surface area contributed by atoms with Crippen LogP contribution in [0.15, 0.2) is 36.9 Å². The lowest BCUT2D eigenvalue weighted by Crippen LogP contribution is -2.25. The fraction of sp³-hybridized carbons (Fsp3) is 0.308. The molecule has 0 saturated carbocycles. The zero-order valence-electron chi connectivity index (χ0n) is 10.4. The van der Waals surface area contributed by atoms with Crippen LogP contribution in [0.3, 0.4) is 0 Å². The molecule has 6 heteroatoms. The van der Waals surface area contributed by atoms with E-state index in [9.17, 15) is 13.2 Å². The Morgan fingerprint density at radius 2 is 2.26 bits per heavy atom. The molecule has 1 saturated heterocycles. The van der Waals surface area contributed by atoms with Crippen LogP contribution in [0.25, 0.3) is 0 Å². The summed E-state index contributed by atoms with van der Waals surface area (Å²) in [4.78, 5) is 11.7. The van der Waals surface area contributed by atoms with Crippen LogP contribution in [0.5, 0.6) is 0 Å². The van der Waals surface area contributed by atoms with Crippen molar-refractivity contribution in [3.8, 4) is 0 Å². The van der Waals surface area contributed by atoms with Gasteiger partial charge in [-0.15, -0.1) is 0 Å². The third kappa shape index (κ3) is 2.96. The van der Waals surface area contributed by atoms with Crippen molar-refractivity contribution in [3.05, 3.63) is 42.5 Å². The molecule has 1 aliphatic heterocycles. The summed E-state index contributed by atoms with van der Waals surface area (Å²) in [6, 6.07) is 6.45. The molecule has 0 bridgehead atoms. The zero-order valence-corrected chi connectivity index (χ0v) is 11.2. The standard InChI is InChI=1S/C13H15NO4S/c1-2-8-18-13(15)11-5-3-6-12(10-11)14-7-4-9-19(14,16)17/h2-3,5-6,10H,1,4,7-9H2. The number of carbonyl (C=O) groups is 1. The summed E-state index contributed by atoms with van der Waals surface area (Å²) < 4.78 is 29.9. The van der Waals surface area contributed by atoms with Gasteiger partial charge in [0.25, 0.3) is 0 Å². The minimum atomic E-state index is -3.23. The van der Waals surface area contributed by atoms with E-state index in [0.717, 1.165) is 0 Å². The van der Waals surface area contributed by atoms with Crippen LogP contribution in [0.1, 0.15) is 16.8 Å². The molecule has 1 aromatic carbocycles. The number of esters is 1. The maximum absolute atomic E-state index is 11.8. The van der Waals surface area contributed by atoms with Crippen molar-refractivity contribution in [2.45, 2.75) is 6.42 Å². The topological polar surface area (TPSA) is 63.7 Å². The van der Waals surface area contributed by atoms with E-state index >= 15 is 0 Å². The summed E-state index contributed by atoms with van der Waals surface area (Å²) in [6.45, 7) is 4.04. The number of rotatable bonds is 4. The van der Waals surface area contributed by atoms with Gasteiger partial charge in [0.15, 0.2) is 0 Å². The van der Waals surface area contributed by atoms with Gasteiger partial charge in [0, 0.05) is 6.54 Å². The van der Waals surface area contributed by atoms with E-state index in [4.69, 9.17) is 4.74 Å². The SMILES string of the molecule is C=CCOC(=O)c1cccc(N2CCCS2(=O)=O)c1. The molecule has 0 radical (unpaired) electrons. The third-order valence-electron chi connectivity index (χ3n) is 2.80. The van der Waals surface area contributed by atoms with Crippen LogP contribution < -0.4 is 4.31 Å². The molecule has 0 aromatic heterocycles. The zero-order chi connectivity index (χ0) is 13.9. The second-order valence-electron chi connectivity index (χ2n) is 4.18. The summed E-state index contributed by atoms with van der Waals surface area (Å²) in [7, 11) is -3.23. The average Bonchev–Trinajstić information content (AvgIpc) is 2.75. The van der Waals surface area contributed by atoms with Gasteiger partial charge < -0.3 is 4.74 Å². The van der Waals surface area contributed by atoms with Crippen molar-refractivity contribution < 1.29 is 17.9 Å². The first kappa shape index (κ1) is 13.6. The van der Waals surface area contributed by atoms with Crippen LogP contribution in [0.4, 0.5) is 5.69 Å². The molecule has 19 heavy (non-hydrogen) atoms. The van der Waals surface area contributed by atoms with Crippen LogP contribution in [0, 0.1) is 0 Å². The highest BCUT2D eigenvalue weighted by Gasteiger charge is 2.28. The molecule has 1 aliphatic rings. The van der Waals surface area contributed by atoms with Gasteiger partial charge in [-0.05, 0) is 24.6 Å². The van der Waals surface area contributed by atoms with Crippen molar-refractivity contribution >= 4 is 21.7 Å². The average molecular weight is 281 g/mol. The third-order valence-corrected chi connectivity index (χ3v) is 4.67. The largest absolute Gasteiger partial charge is 0.458 e. The van der Waals surface area contributed by atoms with Crippen molar-refractivity contribution in [1.82, 2.24) is 0 Å². The smallest absolute Gasteiger partial charge is 0.338 e. The van der Waals surface area contributed by atoms with E-state index in [1.807, 2.05) is 0 Å². The molecule has 0 aliphatic carbocycles. The van der Waals surface area contributed by atoms with Crippen molar-refractivity contribution in [1.29, 1.82) is 0 Å². The van der Waals surface area contributed by atoms with E-state index < -0.39 is 16.0 Å². The number of hydrogen-bond acceptors (Lipinski definition) is 4. The number of anilines is 1. The molecule has 5 nitrogen and oxygen atoms in total. The van der Waals surface area contributed by atoms with Crippen LogP contribution in [-0.2, 0) is 14.8 Å². The maximum Gasteiger partial charge on any atom is 0.338 e. The second kappa shape index (κ2) is 5.44. The first-order chi connectivity index (χ1) is 9.04. The molecular weight excluding hydrogens is 266 g/mol. The summed E-state index contributed by atoms with van der Waals surface area (Å²) in [6.07, 6.45) is 2.08. The molecule has 0 atom stereocenters. The summed E-state index contributed by atoms with van der Waals surface area (Å²) in [5.41, 5.74) is 0.840. The number of hydrogen-bond donors (Lipinski definition) is 0. The first-order valence-electron chi connectivity index (χ1n) is 5.93. The number of ether oxygens (including phenoxy) is 1. The van der Waals surface area contributed by atoms with Crippen molar-refractivity contribution in [2.24, 2.45) is 0 Å². The molecule has 1 heterocycles. The number of benzene rings is 1. The van der Waals surface area contributed by atoms with Crippen molar-refractivity contribution in [2.75, 3.05) is 23.2 Å². The lowest BCUT2D eigenvalue weighted by molar-refractivity contribution is 0.0550. The van der Waals surface area contributed by atoms with Gasteiger partial charge in [0.05, 0.1) is 17.0 Å². The molecular formula is C13H15NO4S. The van der Waals surface area contributed by atoms with Crippen LogP contribution in [0.2, 0.25) is 0 Å². The van der Waals surface area contributed by atoms with Gasteiger partial charge in [-0.1, -0.05) is 18.7 Å². The molecule has 2 rings (SSSR count). The Labute approximate surface area is 112 Å². The minimum absolute atomic E-state index is 0.130. The Kier molecular flexibility index (Phi) is 3.90. The summed E-state index contributed by atoms with van der Waals surface area (Å²) >= 11 is 0. The Hall–Kier alpha value is -1.82. The van der Waals surface area contributed by atoms with Gasteiger partial charge >= 0.3 is 5.97 Å². The normalized spacial score (nSPS) is 17.2. The fourth-order valence-electron chi connectivity index (χ4n) is 1.94. The van der Waals surface area contributed by atoms with E-state index in [1.165, 1.54) is 16.4 Å². The van der Waals surface area contributed by atoms with Gasteiger partial charge in [-0.3, -0.25) is 4.31 Å². The van der Waals surface area contributed by atoms with Crippen molar-refractivity contribution in [3.63, 3.8) is 0 Å². The number of carbonyl (C=O) groups excluding carboxylic acids is 1. The van der Waals surface area contributed by atoms with Crippen LogP contribution in [-0.4, -0.2) is 33.3 Å². The first-order valence-corrected chi connectivity index (χ1v) is 7.54. The predicted molar refractivity (Wildman–Crippen MR) is 72.7 cm³/mol. The molecule has 0 N–H and O–H groups in total. The predicted octanol–water partition coefficient (Wildman–Crippen LogP) is 1.57. The highest BCUT2D eigenvalue weighted by atomic mass is 32.2. The highest BCUT2D eigenvalue weighted by Crippen LogP contribution is 2.24. The van der Waals surface area contributed by atoms with Gasteiger partial charge in [-0.25, -0.2) is 13.2 Å². The Morgan fingerprint density at radius 3 is 2.89 bits per heavy atom. The van der Waals surface area contributed by atoms with E-state index in [1.54, 1.807) is 18.2 Å². The van der Waals surface area contributed by atoms with E-state index in [-0.39, 0.29) is 12.4 Å². The molecule has 0 amide bonds. The highest BCUT2D eigenvalue weighted by molar-refractivity contribution is 7.93. The quantitative estimate of drug-likeness (QED) is 0.621. The lowest BCUT2D eigenvalue weighted by atomic mass is 10.2. The fourth-order valence-corrected chi connectivity index (χ4v) is 3.49. The van der Waals surface area contributed by atoms with Gasteiger partial charge in [-0.2, -0.15) is 0 Å². The second-order valence-corrected chi connectivity index (χ2v) is 6.19. The molecule has 102 valence electrons. The number of sulfonamides is 1. The van der Waals surface area contributed by atoms with Gasteiger partial charge in [0.2, 0.25) is 10.0 Å². The van der Waals surface area contributed by atoms with Crippen LogP contribution >= 0.6 is 0 Å².